The van der Waals surface area contributed by atoms with E-state index in [2.05, 4.69) is 14.9 Å². The number of amides is 1. The van der Waals surface area contributed by atoms with Gasteiger partial charge in [-0.15, -0.1) is 0 Å². The summed E-state index contributed by atoms with van der Waals surface area (Å²) < 4.78 is 12.7. The molecule has 0 fully saturated rings. The molecule has 1 N–H and O–H groups in total. The van der Waals surface area contributed by atoms with Crippen molar-refractivity contribution in [2.75, 3.05) is 19.5 Å². The quantitative estimate of drug-likeness (QED) is 0.749. The number of hydrogen-bond donors (Lipinski definition) is 1. The number of aromatic nitrogens is 2. The molecule has 0 bridgehead atoms. The van der Waals surface area contributed by atoms with E-state index in [4.69, 9.17) is 9.47 Å². The molecule has 1 aromatic heterocycles. The lowest BCUT2D eigenvalue weighted by atomic mass is 10.1. The average Bonchev–Trinajstić information content (AvgIpc) is 3.32. The third-order valence-electron chi connectivity index (χ3n) is 4.81. The Hall–Kier alpha value is -3.28. The van der Waals surface area contributed by atoms with Crippen molar-refractivity contribution in [2.45, 2.75) is 19.4 Å². The van der Waals surface area contributed by atoms with Gasteiger partial charge in [0.2, 0.25) is 0 Å². The molecule has 4 rings (SSSR count). The van der Waals surface area contributed by atoms with Gasteiger partial charge in [0.15, 0.2) is 0 Å². The van der Waals surface area contributed by atoms with Gasteiger partial charge in [-0.2, -0.15) is 0 Å². The Bertz CT molecular complexity index is 977. The average molecular weight is 363 g/mol. The number of anilines is 1. The molecule has 6 nitrogen and oxygen atoms in total. The number of aryl methyl sites for hydroxylation is 1. The van der Waals surface area contributed by atoms with Gasteiger partial charge < -0.3 is 19.4 Å². The second kappa shape index (κ2) is 7.15. The minimum absolute atomic E-state index is 0.229. The zero-order valence-electron chi connectivity index (χ0n) is 15.4. The van der Waals surface area contributed by atoms with E-state index in [1.807, 2.05) is 30.5 Å². The van der Waals surface area contributed by atoms with Crippen molar-refractivity contribution in [3.8, 4) is 22.8 Å². The minimum Gasteiger partial charge on any atom is -0.497 e. The maximum Gasteiger partial charge on any atom is 0.259 e. The summed E-state index contributed by atoms with van der Waals surface area (Å²) in [5.74, 6) is 2.03. The number of nitrogens with zero attached hydrogens (tertiary/aromatic N) is 2. The third kappa shape index (κ3) is 3.26. The van der Waals surface area contributed by atoms with Crippen molar-refractivity contribution in [3.05, 3.63) is 60.0 Å². The number of benzene rings is 2. The van der Waals surface area contributed by atoms with Gasteiger partial charge in [0.05, 0.1) is 31.7 Å². The van der Waals surface area contributed by atoms with E-state index in [1.165, 1.54) is 7.11 Å². The maximum atomic E-state index is 12.6. The van der Waals surface area contributed by atoms with Gasteiger partial charge >= 0.3 is 0 Å². The van der Waals surface area contributed by atoms with Crippen LogP contribution in [0.1, 0.15) is 22.6 Å². The van der Waals surface area contributed by atoms with Crippen LogP contribution >= 0.6 is 0 Å². The molecular formula is C21H21N3O3. The third-order valence-corrected chi connectivity index (χ3v) is 4.81. The smallest absolute Gasteiger partial charge is 0.259 e. The van der Waals surface area contributed by atoms with Crippen molar-refractivity contribution in [2.24, 2.45) is 0 Å². The highest BCUT2D eigenvalue weighted by Crippen LogP contribution is 2.28. The fourth-order valence-corrected chi connectivity index (χ4v) is 3.40. The van der Waals surface area contributed by atoms with Crippen molar-refractivity contribution >= 4 is 11.6 Å². The van der Waals surface area contributed by atoms with Crippen molar-refractivity contribution in [1.82, 2.24) is 9.55 Å². The van der Waals surface area contributed by atoms with Crippen LogP contribution in [0.3, 0.4) is 0 Å². The molecular weight excluding hydrogens is 342 g/mol. The van der Waals surface area contributed by atoms with E-state index in [-0.39, 0.29) is 5.91 Å². The lowest BCUT2D eigenvalue weighted by Gasteiger charge is -2.11. The molecule has 2 aromatic carbocycles. The van der Waals surface area contributed by atoms with Crippen LogP contribution in [-0.4, -0.2) is 29.7 Å². The summed E-state index contributed by atoms with van der Waals surface area (Å²) in [5.41, 5.74) is 3.40. The number of methoxy groups -OCH3 is 2. The van der Waals surface area contributed by atoms with Gasteiger partial charge in [-0.05, 0) is 36.2 Å². The largest absolute Gasteiger partial charge is 0.497 e. The Morgan fingerprint density at radius 3 is 2.67 bits per heavy atom. The first kappa shape index (κ1) is 17.1. The molecule has 27 heavy (non-hydrogen) atoms. The highest BCUT2D eigenvalue weighted by Gasteiger charge is 2.17. The molecule has 1 aliphatic heterocycles. The number of carbonyl (C=O) groups is 1. The summed E-state index contributed by atoms with van der Waals surface area (Å²) in [6.45, 7) is 1.01. The second-order valence-electron chi connectivity index (χ2n) is 6.41. The van der Waals surface area contributed by atoms with E-state index in [0.29, 0.717) is 17.1 Å². The van der Waals surface area contributed by atoms with Crippen LogP contribution in [0.2, 0.25) is 0 Å². The summed E-state index contributed by atoms with van der Waals surface area (Å²) in [7, 11) is 3.11. The molecule has 0 aliphatic carbocycles. The molecule has 0 atom stereocenters. The van der Waals surface area contributed by atoms with Crippen molar-refractivity contribution < 1.29 is 14.3 Å². The van der Waals surface area contributed by atoms with Gasteiger partial charge in [-0.3, -0.25) is 4.79 Å². The molecule has 6 heteroatoms. The zero-order valence-corrected chi connectivity index (χ0v) is 15.4. The van der Waals surface area contributed by atoms with E-state index in [9.17, 15) is 4.79 Å². The number of imidazole rings is 1. The van der Waals surface area contributed by atoms with Crippen LogP contribution in [0.15, 0.2) is 48.7 Å². The molecule has 0 radical (unpaired) electrons. The highest BCUT2D eigenvalue weighted by atomic mass is 16.5. The van der Waals surface area contributed by atoms with E-state index >= 15 is 0 Å². The first-order chi connectivity index (χ1) is 13.2. The number of carbonyl (C=O) groups excluding carboxylic acids is 1. The molecule has 1 amide bonds. The Kier molecular flexibility index (Phi) is 4.54. The molecule has 0 spiro atoms. The Morgan fingerprint density at radius 1 is 1.11 bits per heavy atom. The second-order valence-corrected chi connectivity index (χ2v) is 6.41. The van der Waals surface area contributed by atoms with Crippen molar-refractivity contribution in [1.29, 1.82) is 0 Å². The van der Waals surface area contributed by atoms with Crippen LogP contribution in [-0.2, 0) is 13.0 Å². The Morgan fingerprint density at radius 2 is 1.93 bits per heavy atom. The normalized spacial score (nSPS) is 12.5. The molecule has 0 unspecified atom stereocenters. The summed E-state index contributed by atoms with van der Waals surface area (Å²) >= 11 is 0. The molecule has 2 heterocycles. The fourth-order valence-electron chi connectivity index (χ4n) is 3.40. The number of rotatable bonds is 5. The van der Waals surface area contributed by atoms with Crippen molar-refractivity contribution in [3.63, 3.8) is 0 Å². The molecule has 0 saturated carbocycles. The number of hydrogen-bond acceptors (Lipinski definition) is 4. The molecule has 0 saturated heterocycles. The highest BCUT2D eigenvalue weighted by molar-refractivity contribution is 6.06. The SMILES string of the molecule is COc1ccc(C(=O)Nc2ccc(-c3cnc4n3CCC4)cc2)c(OC)c1. The summed E-state index contributed by atoms with van der Waals surface area (Å²) in [4.78, 5) is 17.1. The van der Waals surface area contributed by atoms with Gasteiger partial charge in [0, 0.05) is 24.7 Å². The lowest BCUT2D eigenvalue weighted by molar-refractivity contribution is 0.102. The Balaban J connectivity index is 1.52. The Labute approximate surface area is 157 Å². The minimum atomic E-state index is -0.229. The van der Waals surface area contributed by atoms with Crippen LogP contribution in [0.5, 0.6) is 11.5 Å². The molecule has 138 valence electrons. The standard InChI is InChI=1S/C21H21N3O3/c1-26-16-9-10-17(19(12-16)27-2)21(25)23-15-7-5-14(6-8-15)18-13-22-20-4-3-11-24(18)20/h5-10,12-13H,3-4,11H2,1-2H3,(H,23,25). The van der Waals surface area contributed by atoms with Gasteiger partial charge in [-0.1, -0.05) is 12.1 Å². The van der Waals surface area contributed by atoms with Crippen LogP contribution < -0.4 is 14.8 Å². The van der Waals surface area contributed by atoms with Crippen LogP contribution in [0, 0.1) is 0 Å². The summed E-state index contributed by atoms with van der Waals surface area (Å²) in [5, 5.41) is 2.91. The predicted molar refractivity (Wildman–Crippen MR) is 103 cm³/mol. The fraction of sp³-hybridized carbons (Fsp3) is 0.238. The topological polar surface area (TPSA) is 65.4 Å². The summed E-state index contributed by atoms with van der Waals surface area (Å²) in [6.07, 6.45) is 4.11. The first-order valence-corrected chi connectivity index (χ1v) is 8.88. The van der Waals surface area contributed by atoms with E-state index < -0.39 is 0 Å². The maximum absolute atomic E-state index is 12.6. The van der Waals surface area contributed by atoms with Gasteiger partial charge in [-0.25, -0.2) is 4.98 Å². The summed E-state index contributed by atoms with van der Waals surface area (Å²) in [6, 6.07) is 12.9. The zero-order chi connectivity index (χ0) is 18.8. The number of fused-ring (bicyclic) bond motifs is 1. The van der Waals surface area contributed by atoms with E-state index in [0.717, 1.165) is 42.2 Å². The molecule has 1 aliphatic rings. The molecule has 3 aromatic rings. The van der Waals surface area contributed by atoms with Gasteiger partial charge in [0.1, 0.15) is 17.3 Å². The van der Waals surface area contributed by atoms with Crippen LogP contribution in [0.25, 0.3) is 11.3 Å². The number of ether oxygens (including phenoxy) is 2. The number of nitrogens with one attached hydrogen (secondary N) is 1. The first-order valence-electron chi connectivity index (χ1n) is 8.88. The van der Waals surface area contributed by atoms with Gasteiger partial charge in [0.25, 0.3) is 5.91 Å². The van der Waals surface area contributed by atoms with E-state index in [1.54, 1.807) is 25.3 Å². The lowest BCUT2D eigenvalue weighted by Crippen LogP contribution is -2.13. The van der Waals surface area contributed by atoms with Crippen LogP contribution in [0.4, 0.5) is 5.69 Å². The predicted octanol–water partition coefficient (Wildman–Crippen LogP) is 3.77. The monoisotopic (exact) mass is 363 g/mol.